The van der Waals surface area contributed by atoms with E-state index in [4.69, 9.17) is 4.42 Å². The molecule has 0 fully saturated rings. The van der Waals surface area contributed by atoms with Gasteiger partial charge in [-0.1, -0.05) is 151 Å². The molecule has 7 aromatic rings. The summed E-state index contributed by atoms with van der Waals surface area (Å²) >= 11 is 4.48. The zero-order chi connectivity index (χ0) is 44.2. The van der Waals surface area contributed by atoms with Crippen molar-refractivity contribution in [2.45, 2.75) is 84.0 Å². The topological polar surface area (TPSA) is 32.3 Å². The Bertz CT molecular complexity index is 2900. The van der Waals surface area contributed by atoms with Crippen LogP contribution in [0.3, 0.4) is 0 Å². The molecule has 9 rings (SSSR count). The molecule has 2 aliphatic rings. The second-order valence-corrected chi connectivity index (χ2v) is 24.9. The third kappa shape index (κ3) is 7.91. The van der Waals surface area contributed by atoms with E-state index in [-0.39, 0.29) is 12.0 Å². The van der Waals surface area contributed by atoms with Gasteiger partial charge in [0.1, 0.15) is 11.2 Å². The van der Waals surface area contributed by atoms with Gasteiger partial charge in [0.2, 0.25) is 5.69 Å². The summed E-state index contributed by atoms with van der Waals surface area (Å²) in [5.74, 6) is 1.69. The molecule has 2 unspecified atom stereocenters. The van der Waals surface area contributed by atoms with E-state index in [1.54, 1.807) is 0 Å². The van der Waals surface area contributed by atoms with Crippen LogP contribution >= 0.6 is 12.6 Å². The number of hydrogen-bond donors (Lipinski definition) is 2. The minimum Gasteiger partial charge on any atom is -0.455 e. The first-order valence-corrected chi connectivity index (χ1v) is 26.9. The van der Waals surface area contributed by atoms with Crippen LogP contribution in [0.5, 0.6) is 0 Å². The van der Waals surface area contributed by atoms with Crippen molar-refractivity contribution in [3.63, 3.8) is 0 Å². The number of furan rings is 1. The van der Waals surface area contributed by atoms with Crippen molar-refractivity contribution in [1.82, 2.24) is 0 Å². The number of anilines is 3. The van der Waals surface area contributed by atoms with Crippen molar-refractivity contribution in [3.8, 4) is 22.4 Å². The Morgan fingerprint density at radius 3 is 2.24 bits per heavy atom. The second-order valence-electron chi connectivity index (χ2n) is 19.4. The number of nitrogens with zero attached hydrogens (tertiary/aromatic N) is 2. The molecule has 0 spiro atoms. The average Bonchev–Trinajstić information content (AvgIpc) is 3.65. The minimum absolute atomic E-state index is 0.169. The lowest BCUT2D eigenvalue weighted by atomic mass is 9.63. The van der Waals surface area contributed by atoms with E-state index in [1.807, 2.05) is 0 Å². The summed E-state index contributed by atoms with van der Waals surface area (Å²) in [6.07, 6.45) is 8.68. The summed E-state index contributed by atoms with van der Waals surface area (Å²) in [6, 6.07) is 42.5. The van der Waals surface area contributed by atoms with E-state index < -0.39 is 8.07 Å². The van der Waals surface area contributed by atoms with Crippen LogP contribution in [0.4, 0.5) is 17.1 Å². The van der Waals surface area contributed by atoms with Gasteiger partial charge in [0, 0.05) is 46.9 Å². The lowest BCUT2D eigenvalue weighted by Gasteiger charge is -2.44. The first-order valence-electron chi connectivity index (χ1n) is 22.8. The van der Waals surface area contributed by atoms with Crippen LogP contribution in [0, 0.1) is 0 Å². The molecule has 6 heteroatoms. The lowest BCUT2D eigenvalue weighted by molar-refractivity contribution is -0.711. The highest BCUT2D eigenvalue weighted by atomic mass is 32.1. The molecule has 2 aromatic heterocycles. The molecular formula is C57H62N3OSSi+. The average molecular weight is 865 g/mol. The van der Waals surface area contributed by atoms with Crippen LogP contribution in [0.15, 0.2) is 161 Å². The van der Waals surface area contributed by atoms with Crippen molar-refractivity contribution in [1.29, 1.82) is 0 Å². The Hall–Kier alpha value is -5.56. The van der Waals surface area contributed by atoms with Crippen molar-refractivity contribution < 1.29 is 8.98 Å². The molecule has 0 saturated carbocycles. The van der Waals surface area contributed by atoms with Gasteiger partial charge in [0.25, 0.3) is 0 Å². The van der Waals surface area contributed by atoms with Gasteiger partial charge in [-0.3, -0.25) is 0 Å². The molecule has 0 amide bonds. The van der Waals surface area contributed by atoms with Crippen LogP contribution in [0.1, 0.15) is 81.0 Å². The summed E-state index contributed by atoms with van der Waals surface area (Å²) in [5, 5.41) is 7.85. The molecule has 0 saturated heterocycles. The molecule has 63 heavy (non-hydrogen) atoms. The van der Waals surface area contributed by atoms with Gasteiger partial charge in [-0.25, -0.2) is 0 Å². The molecular weight excluding hydrogens is 803 g/mol. The maximum atomic E-state index is 6.81. The number of nitrogens with one attached hydrogen (secondary N) is 1. The number of fused-ring (bicyclic) bond motifs is 10. The Morgan fingerprint density at radius 2 is 1.52 bits per heavy atom. The SMILES string of the molecule is C=C(/C=C\CCS)CC1=C(CN(C)c2ccccc2Nc2c(C(C)C)cc(-c3ccccc3)cc2C(C)C)C2C1c1ccc3c(oc4ccccc43)c1-c1ccc([Si](C)(C)C)c[n+]12. The third-order valence-corrected chi connectivity index (χ3v) is 15.7. The maximum Gasteiger partial charge on any atom is 0.217 e. The minimum atomic E-state index is -1.66. The number of rotatable bonds is 14. The largest absolute Gasteiger partial charge is 0.455 e. The first kappa shape index (κ1) is 42.7. The van der Waals surface area contributed by atoms with Crippen LogP contribution in [-0.4, -0.2) is 27.4 Å². The molecule has 0 radical (unpaired) electrons. The molecule has 3 heterocycles. The molecule has 5 aromatic carbocycles. The molecule has 1 aliphatic heterocycles. The Kier molecular flexibility index (Phi) is 11.7. The van der Waals surface area contributed by atoms with Crippen molar-refractivity contribution >= 4 is 64.9 Å². The monoisotopic (exact) mass is 864 g/mol. The van der Waals surface area contributed by atoms with Gasteiger partial charge >= 0.3 is 0 Å². The van der Waals surface area contributed by atoms with Crippen molar-refractivity contribution in [3.05, 3.63) is 174 Å². The first-order chi connectivity index (χ1) is 30.3. The molecule has 2 atom stereocenters. The summed E-state index contributed by atoms with van der Waals surface area (Å²) in [7, 11) is 0.605. The number of aromatic nitrogens is 1. The maximum absolute atomic E-state index is 6.81. The van der Waals surface area contributed by atoms with Crippen LogP contribution in [0.25, 0.3) is 44.3 Å². The number of likely N-dealkylation sites (N-methyl/N-ethyl adjacent to an activating group) is 1. The van der Waals surface area contributed by atoms with E-state index in [2.05, 4.69) is 222 Å². The van der Waals surface area contributed by atoms with Crippen LogP contribution < -0.4 is 20.0 Å². The molecule has 320 valence electrons. The quantitative estimate of drug-likeness (QED) is 0.0376. The molecule has 1 N–H and O–H groups in total. The number of para-hydroxylation sites is 3. The van der Waals surface area contributed by atoms with Crippen LogP contribution in [0.2, 0.25) is 19.6 Å². The van der Waals surface area contributed by atoms with E-state index in [9.17, 15) is 0 Å². The fraction of sp³-hybridized carbons (Fsp3) is 0.281. The summed E-state index contributed by atoms with van der Waals surface area (Å²) in [5.41, 5.74) is 18.5. The molecule has 0 bridgehead atoms. The number of benzene rings is 5. The normalized spacial score (nSPS) is 15.9. The van der Waals surface area contributed by atoms with Gasteiger partial charge < -0.3 is 14.6 Å². The van der Waals surface area contributed by atoms with Gasteiger partial charge in [0.05, 0.1) is 30.9 Å². The lowest BCUT2D eigenvalue weighted by Crippen LogP contribution is -2.57. The molecule has 4 nitrogen and oxygen atoms in total. The number of thiol groups is 1. The van der Waals surface area contributed by atoms with Crippen molar-refractivity contribution in [2.24, 2.45) is 0 Å². The van der Waals surface area contributed by atoms with E-state index in [1.165, 1.54) is 72.2 Å². The van der Waals surface area contributed by atoms with E-state index in [0.29, 0.717) is 11.8 Å². The Balaban J connectivity index is 1.17. The zero-order valence-corrected chi connectivity index (χ0v) is 40.2. The highest BCUT2D eigenvalue weighted by Gasteiger charge is 2.53. The Labute approximate surface area is 381 Å². The van der Waals surface area contributed by atoms with E-state index >= 15 is 0 Å². The van der Waals surface area contributed by atoms with Gasteiger partial charge in [-0.2, -0.15) is 17.2 Å². The fourth-order valence-corrected chi connectivity index (χ4v) is 11.3. The Morgan fingerprint density at radius 1 is 0.825 bits per heavy atom. The highest BCUT2D eigenvalue weighted by molar-refractivity contribution is 7.80. The smallest absolute Gasteiger partial charge is 0.217 e. The number of allylic oxidation sites excluding steroid dienone is 4. The summed E-state index contributed by atoms with van der Waals surface area (Å²) < 4.78 is 9.44. The molecule has 1 aliphatic carbocycles. The number of pyridine rings is 1. The van der Waals surface area contributed by atoms with Crippen LogP contribution in [-0.2, 0) is 0 Å². The van der Waals surface area contributed by atoms with E-state index in [0.717, 1.165) is 53.0 Å². The summed E-state index contributed by atoms with van der Waals surface area (Å²) in [4.78, 5) is 2.47. The second kappa shape index (κ2) is 17.2. The third-order valence-electron chi connectivity index (χ3n) is 13.4. The predicted molar refractivity (Wildman–Crippen MR) is 276 cm³/mol. The highest BCUT2D eigenvalue weighted by Crippen LogP contribution is 2.57. The van der Waals surface area contributed by atoms with Gasteiger partial charge in [0.15, 0.2) is 12.2 Å². The number of hydrogen-bond acceptors (Lipinski definition) is 4. The van der Waals surface area contributed by atoms with Crippen molar-refractivity contribution in [2.75, 3.05) is 29.6 Å². The summed E-state index contributed by atoms with van der Waals surface area (Å²) in [6.45, 7) is 22.0. The fourth-order valence-electron chi connectivity index (χ4n) is 10.1. The van der Waals surface area contributed by atoms with Gasteiger partial charge in [-0.15, -0.1) is 0 Å². The predicted octanol–water partition coefficient (Wildman–Crippen LogP) is 14.7. The zero-order valence-electron chi connectivity index (χ0n) is 38.3. The van der Waals surface area contributed by atoms with Gasteiger partial charge in [-0.05, 0) is 94.2 Å². The standard InChI is InChI=1S/C57H61N3OSSi/c1-36(2)45-32-40(39-20-11-10-12-21-39)33-46(37(3)4)55(45)58-49-23-14-15-24-50(49)59(6)35-48-47(31-38(5)19-17-18-30-62)53-44-28-27-43-42-22-13-16-25-52(42)61-57(43)54(44)51-29-26-41(63(7,8)9)34-60(51)56(48)53/h10-17,19-29,32-34,36-37,53,56,58H,5,18,30-31,35H2,1-4,6-9H3/p+1/b19-17-.